The topological polar surface area (TPSA) is 0 Å². The van der Waals surface area contributed by atoms with Gasteiger partial charge in [-0.1, -0.05) is 51.8 Å². The van der Waals surface area contributed by atoms with E-state index in [1.54, 1.807) is 11.1 Å². The molecule has 0 aromatic carbocycles. The van der Waals surface area contributed by atoms with Crippen molar-refractivity contribution in [2.24, 2.45) is 17.3 Å². The summed E-state index contributed by atoms with van der Waals surface area (Å²) in [7, 11) is 0. The summed E-state index contributed by atoms with van der Waals surface area (Å²) in [5.74, 6) is 1.50. The molecule has 15 heavy (non-hydrogen) atoms. The van der Waals surface area contributed by atoms with Crippen LogP contribution in [0.3, 0.4) is 0 Å². The highest BCUT2D eigenvalue weighted by Gasteiger charge is 2.36. The lowest BCUT2D eigenvalue weighted by molar-refractivity contribution is 0.261. The van der Waals surface area contributed by atoms with E-state index in [0.29, 0.717) is 11.3 Å². The fourth-order valence-electron chi connectivity index (χ4n) is 3.21. The Kier molecular flexibility index (Phi) is 2.79. The Balaban J connectivity index is 2.31. The molecule has 2 rings (SSSR count). The van der Waals surface area contributed by atoms with Crippen molar-refractivity contribution in [3.8, 4) is 0 Å². The number of hydrogen-bond donors (Lipinski definition) is 0. The van der Waals surface area contributed by atoms with E-state index in [4.69, 9.17) is 0 Å². The van der Waals surface area contributed by atoms with E-state index in [2.05, 4.69) is 39.8 Å². The maximum atomic E-state index is 2.51. The van der Waals surface area contributed by atoms with Crippen molar-refractivity contribution >= 4 is 0 Å². The first kappa shape index (κ1) is 11.0. The first-order chi connectivity index (χ1) is 7.03. The van der Waals surface area contributed by atoms with Gasteiger partial charge in [0.15, 0.2) is 0 Å². The Labute approximate surface area is 94.5 Å². The summed E-state index contributed by atoms with van der Waals surface area (Å²) in [5.41, 5.74) is 3.80. The molecule has 0 N–H and O–H groups in total. The summed E-state index contributed by atoms with van der Waals surface area (Å²) >= 11 is 0. The summed E-state index contributed by atoms with van der Waals surface area (Å²) in [6.07, 6.45) is 10.5. The van der Waals surface area contributed by atoms with Crippen LogP contribution < -0.4 is 0 Å². The van der Waals surface area contributed by atoms with E-state index in [1.807, 2.05) is 0 Å². The lowest BCUT2D eigenvalue weighted by Crippen LogP contribution is -2.29. The molecule has 2 atom stereocenters. The van der Waals surface area contributed by atoms with Crippen LogP contribution >= 0.6 is 0 Å². The van der Waals surface area contributed by atoms with Gasteiger partial charge in [-0.3, -0.25) is 0 Å². The molecule has 2 aliphatic rings. The summed E-state index contributed by atoms with van der Waals surface area (Å²) < 4.78 is 0. The molecule has 0 heterocycles. The third kappa shape index (κ3) is 1.91. The minimum atomic E-state index is 0.496. The number of hydrogen-bond acceptors (Lipinski definition) is 0. The quantitative estimate of drug-likeness (QED) is 0.579. The van der Waals surface area contributed by atoms with Gasteiger partial charge in [-0.2, -0.15) is 0 Å². The zero-order valence-electron chi connectivity index (χ0n) is 10.6. The smallest absolute Gasteiger partial charge is 0.00758 e. The molecule has 1 fully saturated rings. The van der Waals surface area contributed by atoms with Gasteiger partial charge in [0, 0.05) is 0 Å². The van der Waals surface area contributed by atoms with Crippen LogP contribution in [0.5, 0.6) is 0 Å². The average molecular weight is 204 g/mol. The van der Waals surface area contributed by atoms with Gasteiger partial charge in [-0.15, -0.1) is 0 Å². The zero-order valence-corrected chi connectivity index (χ0v) is 10.6. The van der Waals surface area contributed by atoms with Crippen LogP contribution in [0.15, 0.2) is 23.3 Å². The Hall–Kier alpha value is -0.520. The Morgan fingerprint density at radius 2 is 2.13 bits per heavy atom. The zero-order chi connectivity index (χ0) is 11.1. The van der Waals surface area contributed by atoms with Crippen LogP contribution in [-0.4, -0.2) is 0 Å². The normalized spacial score (nSPS) is 35.9. The molecule has 84 valence electrons. The van der Waals surface area contributed by atoms with Crippen LogP contribution in [0.4, 0.5) is 0 Å². The van der Waals surface area contributed by atoms with Crippen LogP contribution in [0.2, 0.25) is 0 Å². The summed E-state index contributed by atoms with van der Waals surface area (Å²) in [6.45, 7) is 9.48. The van der Waals surface area contributed by atoms with Crippen LogP contribution in [-0.2, 0) is 0 Å². The molecule has 0 aliphatic heterocycles. The Bertz CT molecular complexity index is 306. The highest BCUT2D eigenvalue weighted by molar-refractivity contribution is 5.36. The first-order valence-electron chi connectivity index (χ1n) is 6.45. The molecule has 0 nitrogen and oxygen atoms in total. The monoisotopic (exact) mass is 204 g/mol. The second kappa shape index (κ2) is 3.81. The Morgan fingerprint density at radius 1 is 1.40 bits per heavy atom. The van der Waals surface area contributed by atoms with E-state index in [1.165, 1.54) is 25.7 Å². The van der Waals surface area contributed by atoms with E-state index < -0.39 is 0 Å². The lowest BCUT2D eigenvalue weighted by atomic mass is 9.63. The molecule has 0 aromatic rings. The van der Waals surface area contributed by atoms with Crippen molar-refractivity contribution in [2.45, 2.75) is 53.4 Å². The highest BCUT2D eigenvalue weighted by atomic mass is 14.4. The highest BCUT2D eigenvalue weighted by Crippen LogP contribution is 2.49. The van der Waals surface area contributed by atoms with Crippen molar-refractivity contribution < 1.29 is 0 Å². The standard InChI is InChI=1S/C15H24/c1-11(2)13-7-9-15(4)8-5-6-12(3)14(15)10-13/h7,10-12H,5-6,8-9H2,1-4H3/t12-,15+/m1/s1. The fourth-order valence-corrected chi connectivity index (χ4v) is 3.21. The van der Waals surface area contributed by atoms with Crippen molar-refractivity contribution in [3.05, 3.63) is 23.3 Å². The van der Waals surface area contributed by atoms with Crippen molar-refractivity contribution in [3.63, 3.8) is 0 Å². The Morgan fingerprint density at radius 3 is 2.80 bits per heavy atom. The molecule has 1 saturated carbocycles. The van der Waals surface area contributed by atoms with Crippen LogP contribution in [0, 0.1) is 17.3 Å². The lowest BCUT2D eigenvalue weighted by Gasteiger charge is -2.42. The molecule has 0 spiro atoms. The third-order valence-corrected chi connectivity index (χ3v) is 4.37. The van der Waals surface area contributed by atoms with Crippen molar-refractivity contribution in [1.82, 2.24) is 0 Å². The van der Waals surface area contributed by atoms with Crippen molar-refractivity contribution in [1.29, 1.82) is 0 Å². The maximum absolute atomic E-state index is 2.51. The predicted molar refractivity (Wildman–Crippen MR) is 66.7 cm³/mol. The molecule has 2 aliphatic carbocycles. The van der Waals surface area contributed by atoms with Gasteiger partial charge >= 0.3 is 0 Å². The van der Waals surface area contributed by atoms with Gasteiger partial charge in [0.2, 0.25) is 0 Å². The largest absolute Gasteiger partial charge is 0.0802 e. The summed E-state index contributed by atoms with van der Waals surface area (Å²) in [6, 6.07) is 0. The van der Waals surface area contributed by atoms with Gasteiger partial charge in [-0.25, -0.2) is 0 Å². The second-order valence-corrected chi connectivity index (χ2v) is 6.02. The van der Waals surface area contributed by atoms with Gasteiger partial charge in [0.25, 0.3) is 0 Å². The maximum Gasteiger partial charge on any atom is -0.00758 e. The fraction of sp³-hybridized carbons (Fsp3) is 0.733. The van der Waals surface area contributed by atoms with Crippen molar-refractivity contribution in [2.75, 3.05) is 0 Å². The number of allylic oxidation sites excluding steroid dienone is 4. The predicted octanol–water partition coefficient (Wildman–Crippen LogP) is 4.73. The second-order valence-electron chi connectivity index (χ2n) is 6.02. The number of rotatable bonds is 1. The number of fused-ring (bicyclic) bond motifs is 1. The van der Waals surface area contributed by atoms with Crippen LogP contribution in [0.1, 0.15) is 53.4 Å². The molecule has 0 bridgehead atoms. The van der Waals surface area contributed by atoms with Gasteiger partial charge in [-0.05, 0) is 42.1 Å². The average Bonchev–Trinajstić information content (AvgIpc) is 2.17. The molecular weight excluding hydrogens is 180 g/mol. The molecule has 0 unspecified atom stereocenters. The molecule has 0 radical (unpaired) electrons. The first-order valence-corrected chi connectivity index (χ1v) is 6.45. The van der Waals surface area contributed by atoms with Crippen LogP contribution in [0.25, 0.3) is 0 Å². The van der Waals surface area contributed by atoms with Gasteiger partial charge < -0.3 is 0 Å². The SMILES string of the molecule is CC(C)C1=CC[C@]2(C)CCC[C@@H](C)C2=C1. The molecule has 0 aromatic heterocycles. The van der Waals surface area contributed by atoms with E-state index in [0.717, 1.165) is 5.92 Å². The van der Waals surface area contributed by atoms with E-state index in [9.17, 15) is 0 Å². The van der Waals surface area contributed by atoms with E-state index >= 15 is 0 Å². The molecular formula is C15H24. The minimum Gasteiger partial charge on any atom is -0.0802 e. The molecule has 0 saturated heterocycles. The molecule has 0 heteroatoms. The summed E-state index contributed by atoms with van der Waals surface area (Å²) in [5, 5.41) is 0. The van der Waals surface area contributed by atoms with E-state index in [-0.39, 0.29) is 0 Å². The van der Waals surface area contributed by atoms with Gasteiger partial charge in [0.1, 0.15) is 0 Å². The minimum absolute atomic E-state index is 0.496. The molecule has 0 amide bonds. The third-order valence-electron chi connectivity index (χ3n) is 4.37. The summed E-state index contributed by atoms with van der Waals surface area (Å²) in [4.78, 5) is 0. The van der Waals surface area contributed by atoms with Gasteiger partial charge in [0.05, 0.1) is 0 Å².